The van der Waals surface area contributed by atoms with E-state index in [-0.39, 0.29) is 12.7 Å². The Labute approximate surface area is 191 Å². The van der Waals surface area contributed by atoms with Crippen molar-refractivity contribution in [2.24, 2.45) is 0 Å². The topological polar surface area (TPSA) is 76.7 Å². The summed E-state index contributed by atoms with van der Waals surface area (Å²) in [6, 6.07) is 16.3. The molecule has 0 radical (unpaired) electrons. The number of carbonyl (C=O) groups is 2. The van der Waals surface area contributed by atoms with E-state index in [0.29, 0.717) is 17.1 Å². The monoisotopic (exact) mass is 534 g/mol. The zero-order chi connectivity index (χ0) is 21.7. The SMILES string of the molecule is CC(C)Oc1cccc(C(=O)NNC(=O)COc2ccc3cc(Br)ccc3c2Br)c1. The van der Waals surface area contributed by atoms with Gasteiger partial charge in [-0.25, -0.2) is 0 Å². The van der Waals surface area contributed by atoms with Gasteiger partial charge in [0.15, 0.2) is 6.61 Å². The summed E-state index contributed by atoms with van der Waals surface area (Å²) in [6.45, 7) is 3.55. The molecule has 0 aliphatic carbocycles. The maximum atomic E-state index is 12.3. The summed E-state index contributed by atoms with van der Waals surface area (Å²) < 4.78 is 12.9. The summed E-state index contributed by atoms with van der Waals surface area (Å²) >= 11 is 6.96. The lowest BCUT2D eigenvalue weighted by Crippen LogP contribution is -2.43. The number of hydrogen-bond acceptors (Lipinski definition) is 4. The number of hydrazine groups is 1. The van der Waals surface area contributed by atoms with Gasteiger partial charge in [0.1, 0.15) is 11.5 Å². The maximum absolute atomic E-state index is 12.3. The number of amides is 2. The minimum atomic E-state index is -0.485. The zero-order valence-corrected chi connectivity index (χ0v) is 19.5. The van der Waals surface area contributed by atoms with Crippen LogP contribution in [0.2, 0.25) is 0 Å². The molecule has 2 amide bonds. The molecule has 0 heterocycles. The van der Waals surface area contributed by atoms with Crippen molar-refractivity contribution >= 4 is 54.4 Å². The molecule has 0 aliphatic rings. The lowest BCUT2D eigenvalue weighted by atomic mass is 10.1. The van der Waals surface area contributed by atoms with E-state index in [0.717, 1.165) is 19.7 Å². The van der Waals surface area contributed by atoms with E-state index in [1.807, 2.05) is 38.1 Å². The van der Waals surface area contributed by atoms with Gasteiger partial charge in [0, 0.05) is 10.0 Å². The number of rotatable bonds is 6. The van der Waals surface area contributed by atoms with Crippen LogP contribution in [0.3, 0.4) is 0 Å². The van der Waals surface area contributed by atoms with Crippen LogP contribution < -0.4 is 20.3 Å². The molecule has 8 heteroatoms. The second-order valence-electron chi connectivity index (χ2n) is 6.73. The average Bonchev–Trinajstić information content (AvgIpc) is 2.71. The average molecular weight is 536 g/mol. The molecule has 3 aromatic carbocycles. The van der Waals surface area contributed by atoms with Crippen LogP contribution in [-0.2, 0) is 4.79 Å². The summed E-state index contributed by atoms with van der Waals surface area (Å²) in [5.41, 5.74) is 5.10. The molecule has 0 bridgehead atoms. The van der Waals surface area contributed by atoms with E-state index in [1.165, 1.54) is 0 Å². The Morgan fingerprint density at radius 1 is 1.00 bits per heavy atom. The highest BCUT2D eigenvalue weighted by atomic mass is 79.9. The Bertz CT molecular complexity index is 1090. The van der Waals surface area contributed by atoms with E-state index in [4.69, 9.17) is 9.47 Å². The van der Waals surface area contributed by atoms with Gasteiger partial charge in [-0.2, -0.15) is 0 Å². The van der Waals surface area contributed by atoms with Crippen LogP contribution in [0.5, 0.6) is 11.5 Å². The molecule has 0 atom stereocenters. The van der Waals surface area contributed by atoms with Crippen molar-refractivity contribution in [3.05, 3.63) is 69.1 Å². The van der Waals surface area contributed by atoms with E-state index >= 15 is 0 Å². The lowest BCUT2D eigenvalue weighted by Gasteiger charge is -2.12. The molecule has 30 heavy (non-hydrogen) atoms. The zero-order valence-electron chi connectivity index (χ0n) is 16.4. The van der Waals surface area contributed by atoms with Crippen LogP contribution in [0, 0.1) is 0 Å². The number of hydrogen-bond donors (Lipinski definition) is 2. The number of fused-ring (bicyclic) bond motifs is 1. The van der Waals surface area contributed by atoms with Crippen LogP contribution in [0.4, 0.5) is 0 Å². The highest BCUT2D eigenvalue weighted by molar-refractivity contribution is 9.11. The molecular weight excluding hydrogens is 516 g/mol. The molecular formula is C22H20Br2N2O4. The van der Waals surface area contributed by atoms with Gasteiger partial charge < -0.3 is 9.47 Å². The van der Waals surface area contributed by atoms with Crippen molar-refractivity contribution in [1.82, 2.24) is 10.9 Å². The molecule has 0 spiro atoms. The lowest BCUT2D eigenvalue weighted by molar-refractivity contribution is -0.123. The molecule has 0 unspecified atom stereocenters. The van der Waals surface area contributed by atoms with Crippen LogP contribution in [0.1, 0.15) is 24.2 Å². The van der Waals surface area contributed by atoms with Crippen molar-refractivity contribution in [2.75, 3.05) is 6.61 Å². The summed E-state index contributed by atoms with van der Waals surface area (Å²) in [5.74, 6) is 0.182. The second-order valence-corrected chi connectivity index (χ2v) is 8.44. The summed E-state index contributed by atoms with van der Waals surface area (Å²) in [6.07, 6.45) is -0.00360. The van der Waals surface area contributed by atoms with Crippen LogP contribution >= 0.6 is 31.9 Å². The van der Waals surface area contributed by atoms with Gasteiger partial charge in [0.2, 0.25) is 0 Å². The molecule has 0 aromatic heterocycles. The fourth-order valence-electron chi connectivity index (χ4n) is 2.72. The van der Waals surface area contributed by atoms with E-state index in [1.54, 1.807) is 30.3 Å². The van der Waals surface area contributed by atoms with E-state index in [2.05, 4.69) is 42.7 Å². The fourth-order valence-corrected chi connectivity index (χ4v) is 3.70. The Kier molecular flexibility index (Phi) is 7.33. The van der Waals surface area contributed by atoms with Gasteiger partial charge in [-0.05, 0) is 76.9 Å². The van der Waals surface area contributed by atoms with Crippen LogP contribution in [0.15, 0.2) is 63.5 Å². The smallest absolute Gasteiger partial charge is 0.276 e. The van der Waals surface area contributed by atoms with Gasteiger partial charge >= 0.3 is 0 Å². The quantitative estimate of drug-likeness (QED) is 0.436. The first-order valence-electron chi connectivity index (χ1n) is 9.20. The molecule has 3 aromatic rings. The molecule has 2 N–H and O–H groups in total. The summed E-state index contributed by atoms with van der Waals surface area (Å²) in [5, 5.41) is 2.00. The van der Waals surface area contributed by atoms with E-state index in [9.17, 15) is 9.59 Å². The van der Waals surface area contributed by atoms with Crippen LogP contribution in [-0.4, -0.2) is 24.5 Å². The van der Waals surface area contributed by atoms with Crippen molar-refractivity contribution in [3.63, 3.8) is 0 Å². The number of ether oxygens (including phenoxy) is 2. The van der Waals surface area contributed by atoms with Gasteiger partial charge in [0.25, 0.3) is 11.8 Å². The van der Waals surface area contributed by atoms with Crippen molar-refractivity contribution in [1.29, 1.82) is 0 Å². The molecule has 0 saturated carbocycles. The third kappa shape index (κ3) is 5.73. The minimum Gasteiger partial charge on any atom is -0.491 e. The molecule has 0 saturated heterocycles. The number of halogens is 2. The normalized spacial score (nSPS) is 10.7. The number of carbonyl (C=O) groups excluding carboxylic acids is 2. The van der Waals surface area contributed by atoms with Crippen molar-refractivity contribution < 1.29 is 19.1 Å². The van der Waals surface area contributed by atoms with Gasteiger partial charge in [0.05, 0.1) is 10.6 Å². The molecule has 156 valence electrons. The Hall–Kier alpha value is -2.58. The third-order valence-corrected chi connectivity index (χ3v) is 5.33. The predicted octanol–water partition coefficient (Wildman–Crippen LogP) is 4.99. The largest absolute Gasteiger partial charge is 0.491 e. The second kappa shape index (κ2) is 9.95. The fraction of sp³-hybridized carbons (Fsp3) is 0.182. The number of nitrogens with one attached hydrogen (secondary N) is 2. The Morgan fingerprint density at radius 3 is 2.57 bits per heavy atom. The molecule has 0 fully saturated rings. The first-order chi connectivity index (χ1) is 14.3. The van der Waals surface area contributed by atoms with Gasteiger partial charge in [-0.1, -0.05) is 34.1 Å². The number of benzene rings is 3. The Balaban J connectivity index is 1.55. The summed E-state index contributed by atoms with van der Waals surface area (Å²) in [4.78, 5) is 24.3. The van der Waals surface area contributed by atoms with Gasteiger partial charge in [-0.3, -0.25) is 20.4 Å². The highest BCUT2D eigenvalue weighted by Gasteiger charge is 2.11. The third-order valence-electron chi connectivity index (χ3n) is 4.02. The maximum Gasteiger partial charge on any atom is 0.276 e. The summed E-state index contributed by atoms with van der Waals surface area (Å²) in [7, 11) is 0. The molecule has 0 aliphatic heterocycles. The highest BCUT2D eigenvalue weighted by Crippen LogP contribution is 2.34. The first-order valence-corrected chi connectivity index (χ1v) is 10.8. The predicted molar refractivity (Wildman–Crippen MR) is 123 cm³/mol. The Morgan fingerprint density at radius 2 is 1.80 bits per heavy atom. The van der Waals surface area contributed by atoms with Gasteiger partial charge in [-0.15, -0.1) is 0 Å². The molecule has 3 rings (SSSR count). The standard InChI is InChI=1S/C22H20Br2N2O4/c1-13(2)30-17-5-3-4-15(11-17)22(28)26-25-20(27)12-29-19-9-6-14-10-16(23)7-8-18(14)21(19)24/h3-11,13H,12H2,1-2H3,(H,25,27)(H,26,28). The minimum absolute atomic E-state index is 0.00360. The van der Waals surface area contributed by atoms with Crippen LogP contribution in [0.25, 0.3) is 10.8 Å². The van der Waals surface area contributed by atoms with Crippen molar-refractivity contribution in [2.45, 2.75) is 20.0 Å². The first kappa shape index (κ1) is 22.1. The van der Waals surface area contributed by atoms with E-state index < -0.39 is 11.8 Å². The van der Waals surface area contributed by atoms with Crippen molar-refractivity contribution in [3.8, 4) is 11.5 Å². The molecule has 6 nitrogen and oxygen atoms in total.